The van der Waals surface area contributed by atoms with Crippen molar-refractivity contribution in [1.82, 2.24) is 9.97 Å². The number of hydrogen-bond donors (Lipinski definition) is 0. The summed E-state index contributed by atoms with van der Waals surface area (Å²) in [4.78, 5) is 11.2. The highest BCUT2D eigenvalue weighted by Gasteiger charge is 2.24. The van der Waals surface area contributed by atoms with E-state index in [9.17, 15) is 0 Å². The van der Waals surface area contributed by atoms with Crippen molar-refractivity contribution in [3.8, 4) is 0 Å². The predicted octanol–water partition coefficient (Wildman–Crippen LogP) is 2.39. The van der Waals surface area contributed by atoms with Gasteiger partial charge in [0.15, 0.2) is 0 Å². The van der Waals surface area contributed by atoms with Crippen LogP contribution in [0.2, 0.25) is 0 Å². The number of anilines is 1. The van der Waals surface area contributed by atoms with E-state index >= 15 is 0 Å². The van der Waals surface area contributed by atoms with Crippen LogP contribution in [0.4, 0.5) is 5.95 Å². The second-order valence-electron chi connectivity index (χ2n) is 6.18. The van der Waals surface area contributed by atoms with Gasteiger partial charge in [-0.05, 0) is 24.8 Å². The average Bonchev–Trinajstić information content (AvgIpc) is 2.27. The molecule has 1 aliphatic rings. The van der Waals surface area contributed by atoms with Gasteiger partial charge in [0.1, 0.15) is 0 Å². The second kappa shape index (κ2) is 4.84. The first kappa shape index (κ1) is 13.3. The molecule has 0 aliphatic carbocycles. The van der Waals surface area contributed by atoms with Crippen LogP contribution in [0.5, 0.6) is 0 Å². The van der Waals surface area contributed by atoms with E-state index in [0.717, 1.165) is 19.0 Å². The highest BCUT2D eigenvalue weighted by molar-refractivity contribution is 5.32. The van der Waals surface area contributed by atoms with Crippen LogP contribution in [0.3, 0.4) is 0 Å². The second-order valence-corrected chi connectivity index (χ2v) is 6.18. The lowest BCUT2D eigenvalue weighted by Gasteiger charge is -2.35. The highest BCUT2D eigenvalue weighted by atomic mass is 16.5. The van der Waals surface area contributed by atoms with Crippen LogP contribution < -0.4 is 4.90 Å². The van der Waals surface area contributed by atoms with E-state index in [-0.39, 0.29) is 17.6 Å². The molecule has 2 heterocycles. The summed E-state index contributed by atoms with van der Waals surface area (Å²) in [6.45, 7) is 12.4. The molecule has 2 rings (SSSR count). The van der Waals surface area contributed by atoms with Crippen molar-refractivity contribution in [2.75, 3.05) is 18.0 Å². The third-order valence-corrected chi connectivity index (χ3v) is 3.21. The Morgan fingerprint density at radius 3 is 2.06 bits per heavy atom. The van der Waals surface area contributed by atoms with Gasteiger partial charge in [0.25, 0.3) is 0 Å². The molecule has 1 fully saturated rings. The van der Waals surface area contributed by atoms with Gasteiger partial charge in [-0.15, -0.1) is 0 Å². The Morgan fingerprint density at radius 1 is 1.11 bits per heavy atom. The monoisotopic (exact) mass is 249 g/mol. The summed E-state index contributed by atoms with van der Waals surface area (Å²) in [5.74, 6) is 0.810. The molecular weight excluding hydrogens is 226 g/mol. The number of aromatic nitrogens is 2. The van der Waals surface area contributed by atoms with E-state index in [1.54, 1.807) is 0 Å². The summed E-state index contributed by atoms with van der Waals surface area (Å²) in [7, 11) is 0. The fraction of sp³-hybridized carbons (Fsp3) is 0.714. The molecule has 0 radical (unpaired) electrons. The normalized spacial score (nSPS) is 25.3. The summed E-state index contributed by atoms with van der Waals surface area (Å²) in [5, 5.41) is 0. The molecule has 0 bridgehead atoms. The zero-order valence-corrected chi connectivity index (χ0v) is 12.0. The first-order valence-corrected chi connectivity index (χ1v) is 6.59. The number of nitrogens with zero attached hydrogens (tertiary/aromatic N) is 3. The number of ether oxygens (including phenoxy) is 1. The van der Waals surface area contributed by atoms with E-state index in [0.29, 0.717) is 0 Å². The molecule has 100 valence electrons. The Kier molecular flexibility index (Phi) is 3.57. The van der Waals surface area contributed by atoms with Crippen LogP contribution in [0.15, 0.2) is 12.4 Å². The van der Waals surface area contributed by atoms with Gasteiger partial charge in [-0.2, -0.15) is 0 Å². The Labute approximate surface area is 109 Å². The molecule has 1 aromatic rings. The number of hydrogen-bond acceptors (Lipinski definition) is 4. The van der Waals surface area contributed by atoms with Gasteiger partial charge in [0.05, 0.1) is 12.2 Å². The van der Waals surface area contributed by atoms with E-state index in [2.05, 4.69) is 49.5 Å². The molecule has 0 amide bonds. The zero-order valence-electron chi connectivity index (χ0n) is 12.0. The van der Waals surface area contributed by atoms with Crippen molar-refractivity contribution < 1.29 is 4.74 Å². The summed E-state index contributed by atoms with van der Waals surface area (Å²) < 4.78 is 5.72. The average molecular weight is 249 g/mol. The molecule has 18 heavy (non-hydrogen) atoms. The molecule has 0 N–H and O–H groups in total. The molecule has 0 unspecified atom stereocenters. The molecule has 4 nitrogen and oxygen atoms in total. The van der Waals surface area contributed by atoms with Crippen LogP contribution in [-0.4, -0.2) is 35.3 Å². The van der Waals surface area contributed by atoms with Gasteiger partial charge in [0, 0.05) is 25.5 Å². The van der Waals surface area contributed by atoms with Gasteiger partial charge in [-0.25, -0.2) is 9.97 Å². The summed E-state index contributed by atoms with van der Waals surface area (Å²) >= 11 is 0. The Bertz CT molecular complexity index is 386. The Morgan fingerprint density at radius 2 is 1.61 bits per heavy atom. The summed E-state index contributed by atoms with van der Waals surface area (Å²) in [6, 6.07) is 0. The number of rotatable bonds is 1. The van der Waals surface area contributed by atoms with Crippen LogP contribution in [0.25, 0.3) is 0 Å². The van der Waals surface area contributed by atoms with Crippen molar-refractivity contribution >= 4 is 5.95 Å². The van der Waals surface area contributed by atoms with Crippen LogP contribution in [0, 0.1) is 0 Å². The zero-order chi connectivity index (χ0) is 13.3. The maximum atomic E-state index is 5.72. The quantitative estimate of drug-likeness (QED) is 0.766. The standard InChI is InChI=1S/C14H23N3O/c1-10-8-17(9-11(2)18-10)13-15-6-12(7-16-13)14(3,4)5/h6-7,10-11H,8-9H2,1-5H3/t10-,11+. The molecule has 4 heteroatoms. The third-order valence-electron chi connectivity index (χ3n) is 3.21. The minimum atomic E-state index is 0.101. The van der Waals surface area contributed by atoms with E-state index < -0.39 is 0 Å². The van der Waals surface area contributed by atoms with Crippen molar-refractivity contribution in [2.45, 2.75) is 52.2 Å². The topological polar surface area (TPSA) is 38.2 Å². The van der Waals surface area contributed by atoms with Crippen molar-refractivity contribution in [2.24, 2.45) is 0 Å². The minimum absolute atomic E-state index is 0.101. The van der Waals surface area contributed by atoms with Crippen LogP contribution >= 0.6 is 0 Å². The van der Waals surface area contributed by atoms with Gasteiger partial charge in [-0.1, -0.05) is 20.8 Å². The SMILES string of the molecule is C[C@@H]1CN(c2ncc(C(C)(C)C)cn2)C[C@H](C)O1. The van der Waals surface area contributed by atoms with E-state index in [1.807, 2.05) is 12.4 Å². The highest BCUT2D eigenvalue weighted by Crippen LogP contribution is 2.22. The first-order chi connectivity index (χ1) is 8.36. The minimum Gasteiger partial charge on any atom is -0.372 e. The van der Waals surface area contributed by atoms with Crippen molar-refractivity contribution in [3.05, 3.63) is 18.0 Å². The largest absolute Gasteiger partial charge is 0.372 e. The Balaban J connectivity index is 2.14. The van der Waals surface area contributed by atoms with E-state index in [1.165, 1.54) is 5.56 Å². The molecule has 0 spiro atoms. The number of morpholine rings is 1. The lowest BCUT2D eigenvalue weighted by atomic mass is 9.89. The molecule has 0 saturated carbocycles. The van der Waals surface area contributed by atoms with E-state index in [4.69, 9.17) is 4.74 Å². The third kappa shape index (κ3) is 2.99. The molecule has 1 saturated heterocycles. The predicted molar refractivity (Wildman–Crippen MR) is 73.0 cm³/mol. The van der Waals surface area contributed by atoms with Crippen molar-refractivity contribution in [3.63, 3.8) is 0 Å². The van der Waals surface area contributed by atoms with Gasteiger partial charge < -0.3 is 9.64 Å². The molecule has 1 aromatic heterocycles. The fourth-order valence-electron chi connectivity index (χ4n) is 2.21. The summed E-state index contributed by atoms with van der Waals surface area (Å²) in [5.41, 5.74) is 1.27. The van der Waals surface area contributed by atoms with Gasteiger partial charge >= 0.3 is 0 Å². The van der Waals surface area contributed by atoms with Crippen molar-refractivity contribution in [1.29, 1.82) is 0 Å². The molecule has 2 atom stereocenters. The maximum Gasteiger partial charge on any atom is 0.225 e. The van der Waals surface area contributed by atoms with Crippen LogP contribution in [-0.2, 0) is 10.2 Å². The van der Waals surface area contributed by atoms with Crippen LogP contribution in [0.1, 0.15) is 40.2 Å². The lowest BCUT2D eigenvalue weighted by Crippen LogP contribution is -2.46. The molecule has 1 aliphatic heterocycles. The smallest absolute Gasteiger partial charge is 0.225 e. The lowest BCUT2D eigenvalue weighted by molar-refractivity contribution is -0.00572. The summed E-state index contributed by atoms with van der Waals surface area (Å²) in [6.07, 6.45) is 4.35. The molecule has 0 aromatic carbocycles. The van der Waals surface area contributed by atoms with Gasteiger partial charge in [0.2, 0.25) is 5.95 Å². The fourth-order valence-corrected chi connectivity index (χ4v) is 2.21. The molecular formula is C14H23N3O. The first-order valence-electron chi connectivity index (χ1n) is 6.59. The van der Waals surface area contributed by atoms with Gasteiger partial charge in [-0.3, -0.25) is 0 Å². The maximum absolute atomic E-state index is 5.72. The Hall–Kier alpha value is -1.16.